The summed E-state index contributed by atoms with van der Waals surface area (Å²) < 4.78 is 0. The van der Waals surface area contributed by atoms with E-state index in [4.69, 9.17) is 0 Å². The van der Waals surface area contributed by atoms with Crippen molar-refractivity contribution < 1.29 is 10.2 Å². The van der Waals surface area contributed by atoms with E-state index in [9.17, 15) is 10.2 Å². The molecule has 2 N–H and O–H groups in total. The Balaban J connectivity index is 3.06. The first-order valence-corrected chi connectivity index (χ1v) is 5.84. The summed E-state index contributed by atoms with van der Waals surface area (Å²) in [6.07, 6.45) is 2.45. The molecular weight excluding hydrogens is 200 g/mol. The highest BCUT2D eigenvalue weighted by molar-refractivity contribution is 5.36. The molecule has 16 heavy (non-hydrogen) atoms. The molecule has 0 amide bonds. The maximum atomic E-state index is 10.1. The second-order valence-corrected chi connectivity index (χ2v) is 6.63. The number of hydrogen-bond acceptors (Lipinski definition) is 2. The lowest BCUT2D eigenvalue weighted by atomic mass is 9.73. The SMILES string of the molecule is CC(C)(C)C1=CC(O)C(C(C)(C)C)=CC1O. The number of aliphatic hydroxyl groups excluding tert-OH is 2. The third-order valence-electron chi connectivity index (χ3n) is 3.04. The van der Waals surface area contributed by atoms with Crippen LogP contribution in [0.4, 0.5) is 0 Å². The van der Waals surface area contributed by atoms with Crippen LogP contribution < -0.4 is 0 Å². The van der Waals surface area contributed by atoms with Crippen molar-refractivity contribution in [1.29, 1.82) is 0 Å². The zero-order valence-electron chi connectivity index (χ0n) is 11.2. The van der Waals surface area contributed by atoms with Gasteiger partial charge in [-0.25, -0.2) is 0 Å². The Labute approximate surface area is 98.7 Å². The van der Waals surface area contributed by atoms with E-state index in [2.05, 4.69) is 0 Å². The third-order valence-corrected chi connectivity index (χ3v) is 3.04. The smallest absolute Gasteiger partial charge is 0.0941 e. The van der Waals surface area contributed by atoms with Crippen molar-refractivity contribution in [3.8, 4) is 0 Å². The zero-order chi connectivity index (χ0) is 12.7. The molecule has 1 aliphatic rings. The van der Waals surface area contributed by atoms with Crippen LogP contribution in [0.3, 0.4) is 0 Å². The summed E-state index contributed by atoms with van der Waals surface area (Å²) in [5, 5.41) is 20.2. The molecule has 2 nitrogen and oxygen atoms in total. The molecule has 0 aromatic carbocycles. The summed E-state index contributed by atoms with van der Waals surface area (Å²) in [5.41, 5.74) is 1.57. The lowest BCUT2D eigenvalue weighted by molar-refractivity contribution is 0.183. The highest BCUT2D eigenvalue weighted by atomic mass is 16.3. The van der Waals surface area contributed by atoms with Crippen LogP contribution in [0.15, 0.2) is 23.3 Å². The van der Waals surface area contributed by atoms with E-state index < -0.39 is 12.2 Å². The first-order chi connectivity index (χ1) is 7.03. The zero-order valence-corrected chi connectivity index (χ0v) is 11.2. The Morgan fingerprint density at radius 1 is 0.750 bits per heavy atom. The van der Waals surface area contributed by atoms with Crippen LogP contribution >= 0.6 is 0 Å². The van der Waals surface area contributed by atoms with E-state index in [1.807, 2.05) is 41.5 Å². The molecule has 0 aromatic rings. The van der Waals surface area contributed by atoms with Crippen molar-refractivity contribution in [3.63, 3.8) is 0 Å². The molecule has 0 heterocycles. The molecule has 0 spiro atoms. The molecule has 2 atom stereocenters. The second kappa shape index (κ2) is 4.01. The van der Waals surface area contributed by atoms with Gasteiger partial charge in [0.1, 0.15) is 0 Å². The maximum absolute atomic E-state index is 10.1. The van der Waals surface area contributed by atoms with Crippen LogP contribution in [0, 0.1) is 10.8 Å². The molecular formula is C14H24O2. The van der Waals surface area contributed by atoms with Crippen molar-refractivity contribution in [2.24, 2.45) is 10.8 Å². The molecule has 0 fully saturated rings. The first-order valence-electron chi connectivity index (χ1n) is 5.84. The van der Waals surface area contributed by atoms with Crippen molar-refractivity contribution in [1.82, 2.24) is 0 Å². The molecule has 0 radical (unpaired) electrons. The van der Waals surface area contributed by atoms with Crippen LogP contribution in [0.2, 0.25) is 0 Å². The quantitative estimate of drug-likeness (QED) is 0.621. The number of aliphatic hydroxyl groups is 2. The van der Waals surface area contributed by atoms with Gasteiger partial charge in [-0.3, -0.25) is 0 Å². The van der Waals surface area contributed by atoms with Gasteiger partial charge in [-0.2, -0.15) is 0 Å². The van der Waals surface area contributed by atoms with E-state index >= 15 is 0 Å². The van der Waals surface area contributed by atoms with Gasteiger partial charge in [-0.05, 0) is 34.1 Å². The van der Waals surface area contributed by atoms with E-state index in [-0.39, 0.29) is 10.8 Å². The monoisotopic (exact) mass is 224 g/mol. The van der Waals surface area contributed by atoms with E-state index in [1.54, 1.807) is 12.2 Å². The van der Waals surface area contributed by atoms with Crippen LogP contribution in [0.25, 0.3) is 0 Å². The van der Waals surface area contributed by atoms with Crippen molar-refractivity contribution >= 4 is 0 Å². The molecule has 2 unspecified atom stereocenters. The maximum Gasteiger partial charge on any atom is 0.0941 e. The second-order valence-electron chi connectivity index (χ2n) is 6.63. The lowest BCUT2D eigenvalue weighted by Gasteiger charge is -2.35. The minimum atomic E-state index is -0.572. The van der Waals surface area contributed by atoms with Gasteiger partial charge in [0, 0.05) is 0 Å². The first kappa shape index (κ1) is 13.5. The fourth-order valence-electron chi connectivity index (χ4n) is 2.10. The molecule has 0 saturated heterocycles. The molecule has 2 heteroatoms. The van der Waals surface area contributed by atoms with Gasteiger partial charge in [0.25, 0.3) is 0 Å². The third kappa shape index (κ3) is 2.74. The van der Waals surface area contributed by atoms with Crippen LogP contribution in [0.1, 0.15) is 41.5 Å². The van der Waals surface area contributed by atoms with Crippen molar-refractivity contribution in [2.45, 2.75) is 53.8 Å². The van der Waals surface area contributed by atoms with Crippen molar-refractivity contribution in [2.75, 3.05) is 0 Å². The summed E-state index contributed by atoms with van der Waals surface area (Å²) >= 11 is 0. The van der Waals surface area contributed by atoms with E-state index in [1.165, 1.54) is 0 Å². The highest BCUT2D eigenvalue weighted by Gasteiger charge is 2.32. The van der Waals surface area contributed by atoms with Crippen LogP contribution in [0.5, 0.6) is 0 Å². The predicted molar refractivity (Wildman–Crippen MR) is 67.1 cm³/mol. The standard InChI is InChI=1S/C14H24O2/c1-13(2,3)9-7-12(16)10(8-11(9)15)14(4,5)6/h7-8,11-12,15-16H,1-6H3. The Morgan fingerprint density at radius 3 is 1.19 bits per heavy atom. The molecule has 92 valence electrons. The fraction of sp³-hybridized carbons (Fsp3) is 0.714. The molecule has 1 aliphatic carbocycles. The Hall–Kier alpha value is -0.600. The Bertz CT molecular complexity index is 290. The Morgan fingerprint density at radius 2 is 1.00 bits per heavy atom. The van der Waals surface area contributed by atoms with Gasteiger partial charge in [-0.1, -0.05) is 41.5 Å². The minimum Gasteiger partial charge on any atom is -0.385 e. The summed E-state index contributed by atoms with van der Waals surface area (Å²) in [6.45, 7) is 12.3. The average molecular weight is 224 g/mol. The van der Waals surface area contributed by atoms with Gasteiger partial charge in [-0.15, -0.1) is 0 Å². The summed E-state index contributed by atoms with van der Waals surface area (Å²) in [7, 11) is 0. The molecule has 1 rings (SSSR count). The molecule has 0 aromatic heterocycles. The fourth-order valence-corrected chi connectivity index (χ4v) is 2.10. The average Bonchev–Trinajstić information content (AvgIpc) is 2.04. The Kier molecular flexibility index (Phi) is 3.37. The highest BCUT2D eigenvalue weighted by Crippen LogP contribution is 2.38. The normalized spacial score (nSPS) is 27.5. The number of hydrogen-bond donors (Lipinski definition) is 2. The predicted octanol–water partition coefficient (Wildman–Crippen LogP) is 2.67. The minimum absolute atomic E-state index is 0.111. The topological polar surface area (TPSA) is 40.5 Å². The van der Waals surface area contributed by atoms with Crippen LogP contribution in [-0.4, -0.2) is 22.4 Å². The van der Waals surface area contributed by atoms with E-state index in [0.29, 0.717) is 0 Å². The lowest BCUT2D eigenvalue weighted by Crippen LogP contribution is -2.32. The van der Waals surface area contributed by atoms with Gasteiger partial charge >= 0.3 is 0 Å². The number of rotatable bonds is 0. The van der Waals surface area contributed by atoms with Crippen molar-refractivity contribution in [3.05, 3.63) is 23.3 Å². The van der Waals surface area contributed by atoms with Crippen LogP contribution in [-0.2, 0) is 0 Å². The van der Waals surface area contributed by atoms with Gasteiger partial charge in [0.2, 0.25) is 0 Å². The van der Waals surface area contributed by atoms with Gasteiger partial charge in [0.15, 0.2) is 0 Å². The van der Waals surface area contributed by atoms with Gasteiger partial charge in [0.05, 0.1) is 12.2 Å². The summed E-state index contributed by atoms with van der Waals surface area (Å²) in [6, 6.07) is 0. The molecule has 0 aliphatic heterocycles. The summed E-state index contributed by atoms with van der Waals surface area (Å²) in [4.78, 5) is 0. The van der Waals surface area contributed by atoms with Gasteiger partial charge < -0.3 is 10.2 Å². The summed E-state index contributed by atoms with van der Waals surface area (Å²) in [5.74, 6) is 0. The molecule has 0 bridgehead atoms. The molecule has 0 saturated carbocycles. The van der Waals surface area contributed by atoms with E-state index in [0.717, 1.165) is 11.1 Å². The largest absolute Gasteiger partial charge is 0.385 e.